The van der Waals surface area contributed by atoms with Crippen LogP contribution >= 0.6 is 11.8 Å². The Hall–Kier alpha value is -2.25. The molecule has 2 aromatic rings. The van der Waals surface area contributed by atoms with Gasteiger partial charge in [-0.25, -0.2) is 4.98 Å². The van der Waals surface area contributed by atoms with E-state index in [4.69, 9.17) is 4.74 Å². The SMILES string of the molecule is CN=C(NCc1ccc(C)cc1SC)NCc1cccnc1N1CCOCC1. The first kappa shape index (κ1) is 20.5. The summed E-state index contributed by atoms with van der Waals surface area (Å²) in [4.78, 5) is 12.5. The Labute approximate surface area is 171 Å². The minimum absolute atomic E-state index is 0.670. The highest BCUT2D eigenvalue weighted by atomic mass is 32.2. The molecular formula is C21H29N5OS. The molecule has 1 aliphatic heterocycles. The summed E-state index contributed by atoms with van der Waals surface area (Å²) in [5, 5.41) is 6.84. The van der Waals surface area contributed by atoms with Crippen LogP contribution in [-0.4, -0.2) is 50.6 Å². The molecule has 150 valence electrons. The molecule has 0 radical (unpaired) electrons. The summed E-state index contributed by atoms with van der Waals surface area (Å²) < 4.78 is 5.46. The van der Waals surface area contributed by atoms with E-state index in [2.05, 4.69) is 63.0 Å². The Morgan fingerprint density at radius 1 is 1.18 bits per heavy atom. The van der Waals surface area contributed by atoms with Crippen molar-refractivity contribution in [2.45, 2.75) is 24.9 Å². The molecule has 0 atom stereocenters. The zero-order valence-corrected chi connectivity index (χ0v) is 17.7. The van der Waals surface area contributed by atoms with Crippen LogP contribution in [0.25, 0.3) is 0 Å². The standard InChI is InChI=1S/C21H29N5OS/c1-16-6-7-17(19(13-16)28-3)14-24-21(22-2)25-15-18-5-4-8-23-20(18)26-9-11-27-12-10-26/h4-8,13H,9-12,14-15H2,1-3H3,(H2,22,24,25). The molecule has 6 nitrogen and oxygen atoms in total. The van der Waals surface area contributed by atoms with Crippen LogP contribution in [0.15, 0.2) is 46.4 Å². The lowest BCUT2D eigenvalue weighted by Gasteiger charge is -2.29. The van der Waals surface area contributed by atoms with Gasteiger partial charge < -0.3 is 20.3 Å². The number of rotatable bonds is 6. The van der Waals surface area contributed by atoms with Crippen molar-refractivity contribution >= 4 is 23.5 Å². The van der Waals surface area contributed by atoms with Crippen molar-refractivity contribution in [1.29, 1.82) is 0 Å². The number of morpholine rings is 1. The maximum Gasteiger partial charge on any atom is 0.191 e. The zero-order chi connectivity index (χ0) is 19.8. The Kier molecular flexibility index (Phi) is 7.56. The average Bonchev–Trinajstić information content (AvgIpc) is 2.75. The number of anilines is 1. The molecule has 1 fully saturated rings. The largest absolute Gasteiger partial charge is 0.378 e. The zero-order valence-electron chi connectivity index (χ0n) is 16.9. The molecule has 7 heteroatoms. The molecule has 0 saturated carbocycles. The van der Waals surface area contributed by atoms with Crippen LogP contribution in [0.1, 0.15) is 16.7 Å². The van der Waals surface area contributed by atoms with Crippen LogP contribution in [0.4, 0.5) is 5.82 Å². The van der Waals surface area contributed by atoms with Crippen LogP contribution in [0.3, 0.4) is 0 Å². The van der Waals surface area contributed by atoms with Crippen LogP contribution < -0.4 is 15.5 Å². The van der Waals surface area contributed by atoms with Gasteiger partial charge in [0.15, 0.2) is 5.96 Å². The summed E-state index contributed by atoms with van der Waals surface area (Å²) in [5.74, 6) is 1.81. The minimum atomic E-state index is 0.670. The van der Waals surface area contributed by atoms with Crippen molar-refractivity contribution in [1.82, 2.24) is 15.6 Å². The maximum atomic E-state index is 5.46. The van der Waals surface area contributed by atoms with Gasteiger partial charge in [0.2, 0.25) is 0 Å². The molecule has 3 rings (SSSR count). The van der Waals surface area contributed by atoms with Crippen LogP contribution in [0.2, 0.25) is 0 Å². The molecule has 0 amide bonds. The lowest BCUT2D eigenvalue weighted by molar-refractivity contribution is 0.122. The van der Waals surface area contributed by atoms with Gasteiger partial charge in [0.25, 0.3) is 0 Å². The molecule has 0 aliphatic carbocycles. The number of pyridine rings is 1. The Bertz CT molecular complexity index is 805. The normalized spacial score (nSPS) is 14.8. The number of aryl methyl sites for hydroxylation is 1. The number of nitrogens with zero attached hydrogens (tertiary/aromatic N) is 3. The quantitative estimate of drug-likeness (QED) is 0.443. The van der Waals surface area contributed by atoms with E-state index in [-0.39, 0.29) is 0 Å². The summed E-state index contributed by atoms with van der Waals surface area (Å²) in [5.41, 5.74) is 3.71. The number of benzene rings is 1. The van der Waals surface area contributed by atoms with Crippen molar-refractivity contribution in [2.75, 3.05) is 44.5 Å². The molecule has 1 aromatic heterocycles. The summed E-state index contributed by atoms with van der Waals surface area (Å²) in [6.45, 7) is 6.78. The minimum Gasteiger partial charge on any atom is -0.378 e. The van der Waals surface area contributed by atoms with Gasteiger partial charge in [0, 0.05) is 49.9 Å². The van der Waals surface area contributed by atoms with Gasteiger partial charge in [0.1, 0.15) is 5.82 Å². The molecule has 2 heterocycles. The molecule has 0 spiro atoms. The Balaban J connectivity index is 1.61. The van der Waals surface area contributed by atoms with Crippen molar-refractivity contribution in [3.05, 3.63) is 53.2 Å². The molecule has 0 unspecified atom stereocenters. The second-order valence-corrected chi connectivity index (χ2v) is 7.53. The van der Waals surface area contributed by atoms with E-state index < -0.39 is 0 Å². The number of nitrogens with one attached hydrogen (secondary N) is 2. The van der Waals surface area contributed by atoms with E-state index in [1.165, 1.54) is 16.0 Å². The molecular weight excluding hydrogens is 370 g/mol. The fourth-order valence-corrected chi connectivity index (χ4v) is 3.91. The first-order chi connectivity index (χ1) is 13.7. The van der Waals surface area contributed by atoms with Gasteiger partial charge in [-0.1, -0.05) is 18.2 Å². The number of aliphatic imine (C=N–C) groups is 1. The van der Waals surface area contributed by atoms with Gasteiger partial charge in [0.05, 0.1) is 13.2 Å². The molecule has 28 heavy (non-hydrogen) atoms. The van der Waals surface area contributed by atoms with Crippen molar-refractivity contribution < 1.29 is 4.74 Å². The number of hydrogen-bond donors (Lipinski definition) is 2. The Morgan fingerprint density at radius 2 is 1.93 bits per heavy atom. The monoisotopic (exact) mass is 399 g/mol. The summed E-state index contributed by atoms with van der Waals surface area (Å²) in [6, 6.07) is 10.6. The highest BCUT2D eigenvalue weighted by molar-refractivity contribution is 7.98. The summed E-state index contributed by atoms with van der Waals surface area (Å²) in [7, 11) is 1.80. The maximum absolute atomic E-state index is 5.46. The third-order valence-electron chi connectivity index (χ3n) is 4.74. The first-order valence-corrected chi connectivity index (χ1v) is 10.8. The fraction of sp³-hybridized carbons (Fsp3) is 0.429. The topological polar surface area (TPSA) is 61.8 Å². The predicted molar refractivity (Wildman–Crippen MR) is 117 cm³/mol. The number of guanidine groups is 1. The number of thioether (sulfide) groups is 1. The first-order valence-electron chi connectivity index (χ1n) is 9.56. The van der Waals surface area contributed by atoms with Gasteiger partial charge in [-0.15, -0.1) is 11.8 Å². The highest BCUT2D eigenvalue weighted by Gasteiger charge is 2.16. The molecule has 1 saturated heterocycles. The van der Waals surface area contributed by atoms with Crippen molar-refractivity contribution in [2.24, 2.45) is 4.99 Å². The molecule has 1 aromatic carbocycles. The molecule has 0 bridgehead atoms. The third-order valence-corrected chi connectivity index (χ3v) is 5.56. The lowest BCUT2D eigenvalue weighted by Crippen LogP contribution is -2.39. The van der Waals surface area contributed by atoms with Crippen LogP contribution in [0, 0.1) is 6.92 Å². The second-order valence-electron chi connectivity index (χ2n) is 6.68. The van der Waals surface area contributed by atoms with Gasteiger partial charge >= 0.3 is 0 Å². The van der Waals surface area contributed by atoms with E-state index >= 15 is 0 Å². The smallest absolute Gasteiger partial charge is 0.191 e. The van der Waals surface area contributed by atoms with Crippen molar-refractivity contribution in [3.8, 4) is 0 Å². The van der Waals surface area contributed by atoms with Gasteiger partial charge in [-0.2, -0.15) is 0 Å². The van der Waals surface area contributed by atoms with E-state index in [0.29, 0.717) is 6.54 Å². The molecule has 1 aliphatic rings. The predicted octanol–water partition coefficient (Wildman–Crippen LogP) is 2.81. The third kappa shape index (κ3) is 5.39. The molecule has 2 N–H and O–H groups in total. The van der Waals surface area contributed by atoms with Gasteiger partial charge in [-0.05, 0) is 36.4 Å². The lowest BCUT2D eigenvalue weighted by atomic mass is 10.1. The van der Waals surface area contributed by atoms with E-state index in [0.717, 1.165) is 50.2 Å². The van der Waals surface area contributed by atoms with Crippen LogP contribution in [0.5, 0.6) is 0 Å². The average molecular weight is 400 g/mol. The Morgan fingerprint density at radius 3 is 2.64 bits per heavy atom. The fourth-order valence-electron chi connectivity index (χ4n) is 3.20. The summed E-state index contributed by atoms with van der Waals surface area (Å²) in [6.07, 6.45) is 3.96. The van der Waals surface area contributed by atoms with E-state index in [1.807, 2.05) is 12.3 Å². The highest BCUT2D eigenvalue weighted by Crippen LogP contribution is 2.22. The van der Waals surface area contributed by atoms with E-state index in [9.17, 15) is 0 Å². The number of aromatic nitrogens is 1. The number of hydrogen-bond acceptors (Lipinski definition) is 5. The number of ether oxygens (including phenoxy) is 1. The summed E-state index contributed by atoms with van der Waals surface area (Å²) >= 11 is 1.77. The van der Waals surface area contributed by atoms with Crippen molar-refractivity contribution in [3.63, 3.8) is 0 Å². The van der Waals surface area contributed by atoms with Crippen LogP contribution in [-0.2, 0) is 17.8 Å². The van der Waals surface area contributed by atoms with E-state index in [1.54, 1.807) is 18.8 Å². The van der Waals surface area contributed by atoms with Gasteiger partial charge in [-0.3, -0.25) is 4.99 Å². The second kappa shape index (κ2) is 10.3.